The zero-order valence-corrected chi connectivity index (χ0v) is 6.44. The van der Waals surface area contributed by atoms with E-state index >= 15 is 0 Å². The van der Waals surface area contributed by atoms with Gasteiger partial charge in [-0.25, -0.2) is 14.6 Å². The average Bonchev–Trinajstić information content (AvgIpc) is 2.47. The molecule has 1 aromatic rings. The predicted molar refractivity (Wildman–Crippen MR) is 42.6 cm³/mol. The van der Waals surface area contributed by atoms with Crippen molar-refractivity contribution in [1.82, 2.24) is 9.97 Å². The number of carboxylic acids is 2. The Hall–Kier alpha value is -2.11. The third kappa shape index (κ3) is 1.56. The summed E-state index contributed by atoms with van der Waals surface area (Å²) >= 11 is 0. The lowest BCUT2D eigenvalue weighted by molar-refractivity contribution is 0.0644. The van der Waals surface area contributed by atoms with Crippen LogP contribution in [0.1, 0.15) is 26.8 Å². The molecule has 0 radical (unpaired) electrons. The Bertz CT molecular complexity index is 348. The highest BCUT2D eigenvalue weighted by Crippen LogP contribution is 2.06. The molecular formula is C7H6N2O4. The zero-order chi connectivity index (χ0) is 10.0. The first-order valence-electron chi connectivity index (χ1n) is 3.25. The van der Waals surface area contributed by atoms with Crippen molar-refractivity contribution in [2.75, 3.05) is 0 Å². The number of imidazole rings is 1. The van der Waals surface area contributed by atoms with Gasteiger partial charge in [0.2, 0.25) is 0 Å². The maximum absolute atomic E-state index is 10.5. The van der Waals surface area contributed by atoms with Crippen molar-refractivity contribution in [2.45, 2.75) is 0 Å². The molecular weight excluding hydrogens is 176 g/mol. The van der Waals surface area contributed by atoms with Crippen molar-refractivity contribution in [2.24, 2.45) is 0 Å². The first-order valence-corrected chi connectivity index (χ1v) is 3.25. The van der Waals surface area contributed by atoms with Gasteiger partial charge in [-0.3, -0.25) is 0 Å². The zero-order valence-electron chi connectivity index (χ0n) is 6.44. The van der Waals surface area contributed by atoms with Crippen LogP contribution in [0.15, 0.2) is 6.58 Å². The van der Waals surface area contributed by atoms with E-state index in [1.807, 2.05) is 0 Å². The summed E-state index contributed by atoms with van der Waals surface area (Å²) in [5.74, 6) is -2.63. The number of hydrogen-bond donors (Lipinski definition) is 3. The van der Waals surface area contributed by atoms with Crippen LogP contribution in [0.5, 0.6) is 0 Å². The molecule has 0 saturated carbocycles. The van der Waals surface area contributed by atoms with E-state index in [2.05, 4.69) is 16.5 Å². The smallest absolute Gasteiger partial charge is 0.357 e. The molecule has 3 N–H and O–H groups in total. The molecule has 0 saturated heterocycles. The van der Waals surface area contributed by atoms with Crippen LogP contribution in [0.4, 0.5) is 0 Å². The molecule has 1 heterocycles. The number of hydrogen-bond acceptors (Lipinski definition) is 3. The fourth-order valence-electron chi connectivity index (χ4n) is 0.798. The predicted octanol–water partition coefficient (Wildman–Crippen LogP) is 0.449. The number of aromatic nitrogens is 2. The van der Waals surface area contributed by atoms with Gasteiger partial charge in [-0.05, 0) is 6.08 Å². The lowest BCUT2D eigenvalue weighted by Gasteiger charge is -1.88. The van der Waals surface area contributed by atoms with E-state index in [4.69, 9.17) is 10.2 Å². The van der Waals surface area contributed by atoms with E-state index in [9.17, 15) is 9.59 Å². The third-order valence-corrected chi connectivity index (χ3v) is 1.33. The van der Waals surface area contributed by atoms with Gasteiger partial charge in [-0.1, -0.05) is 6.58 Å². The average molecular weight is 182 g/mol. The number of H-pyrrole nitrogens is 1. The Balaban J connectivity index is 3.31. The second kappa shape index (κ2) is 3.10. The van der Waals surface area contributed by atoms with Crippen LogP contribution in [-0.4, -0.2) is 32.1 Å². The van der Waals surface area contributed by atoms with E-state index < -0.39 is 23.3 Å². The van der Waals surface area contributed by atoms with Gasteiger partial charge in [0.15, 0.2) is 11.4 Å². The third-order valence-electron chi connectivity index (χ3n) is 1.33. The molecule has 0 fully saturated rings. The Morgan fingerprint density at radius 3 is 2.31 bits per heavy atom. The van der Waals surface area contributed by atoms with Crippen molar-refractivity contribution in [3.8, 4) is 0 Å². The largest absolute Gasteiger partial charge is 0.477 e. The summed E-state index contributed by atoms with van der Waals surface area (Å²) in [5, 5.41) is 17.1. The molecule has 1 aromatic heterocycles. The van der Waals surface area contributed by atoms with Crippen molar-refractivity contribution < 1.29 is 19.8 Å². The van der Waals surface area contributed by atoms with Crippen molar-refractivity contribution in [3.63, 3.8) is 0 Å². The maximum Gasteiger partial charge on any atom is 0.357 e. The van der Waals surface area contributed by atoms with E-state index in [0.29, 0.717) is 0 Å². The Labute approximate surface area is 72.5 Å². The summed E-state index contributed by atoms with van der Waals surface area (Å²) in [6.45, 7) is 3.32. The fourth-order valence-corrected chi connectivity index (χ4v) is 0.798. The molecule has 0 aromatic carbocycles. The summed E-state index contributed by atoms with van der Waals surface area (Å²) in [4.78, 5) is 26.8. The second-order valence-corrected chi connectivity index (χ2v) is 2.16. The molecule has 1 rings (SSSR count). The van der Waals surface area contributed by atoms with Crippen molar-refractivity contribution >= 4 is 18.0 Å². The molecule has 6 heteroatoms. The van der Waals surface area contributed by atoms with Gasteiger partial charge in [0.1, 0.15) is 5.82 Å². The summed E-state index contributed by atoms with van der Waals surface area (Å²) in [5.41, 5.74) is -0.954. The Morgan fingerprint density at radius 2 is 2.00 bits per heavy atom. The number of aromatic amines is 1. The van der Waals surface area contributed by atoms with Gasteiger partial charge in [0.05, 0.1) is 0 Å². The molecule has 0 aliphatic rings. The number of nitrogens with zero attached hydrogens (tertiary/aromatic N) is 1. The van der Waals surface area contributed by atoms with Crippen LogP contribution < -0.4 is 0 Å². The molecule has 0 atom stereocenters. The van der Waals surface area contributed by atoms with Crippen LogP contribution in [0.2, 0.25) is 0 Å². The van der Waals surface area contributed by atoms with E-state index in [-0.39, 0.29) is 5.82 Å². The highest BCUT2D eigenvalue weighted by molar-refractivity contribution is 5.99. The summed E-state index contributed by atoms with van der Waals surface area (Å²) in [6, 6.07) is 0. The van der Waals surface area contributed by atoms with Gasteiger partial charge < -0.3 is 15.2 Å². The number of carboxylic acid groups (broad SMARTS) is 2. The number of rotatable bonds is 3. The highest BCUT2D eigenvalue weighted by atomic mass is 16.4. The van der Waals surface area contributed by atoms with Gasteiger partial charge in [0.25, 0.3) is 0 Å². The number of nitrogens with one attached hydrogen (secondary N) is 1. The lowest BCUT2D eigenvalue weighted by atomic mass is 10.3. The normalized spacial score (nSPS) is 9.54. The van der Waals surface area contributed by atoms with Crippen LogP contribution in [0, 0.1) is 0 Å². The van der Waals surface area contributed by atoms with E-state index in [0.717, 1.165) is 0 Å². The standard InChI is InChI=1S/C7H6N2O4/c1-2-3-8-4(6(10)11)5(9-3)7(12)13/h2H,1H2,(H,8,9)(H,10,11)(H,12,13). The van der Waals surface area contributed by atoms with Gasteiger partial charge >= 0.3 is 11.9 Å². The lowest BCUT2D eigenvalue weighted by Crippen LogP contribution is -2.07. The quantitative estimate of drug-likeness (QED) is 0.629. The molecule has 0 spiro atoms. The molecule has 0 amide bonds. The van der Waals surface area contributed by atoms with Crippen LogP contribution in [0.25, 0.3) is 6.08 Å². The van der Waals surface area contributed by atoms with Crippen LogP contribution >= 0.6 is 0 Å². The molecule has 68 valence electrons. The van der Waals surface area contributed by atoms with Gasteiger partial charge in [-0.15, -0.1) is 0 Å². The minimum absolute atomic E-state index is 0.120. The molecule has 0 aliphatic heterocycles. The Morgan fingerprint density at radius 1 is 1.38 bits per heavy atom. The van der Waals surface area contributed by atoms with Crippen molar-refractivity contribution in [1.29, 1.82) is 0 Å². The first-order chi connectivity index (χ1) is 6.06. The SMILES string of the molecule is C=Cc1nc(C(=O)O)c(C(=O)O)[nH]1. The molecule has 0 unspecified atom stereocenters. The minimum atomic E-state index is -1.39. The van der Waals surface area contributed by atoms with E-state index in [1.165, 1.54) is 6.08 Å². The first kappa shape index (κ1) is 8.98. The molecule has 6 nitrogen and oxygen atoms in total. The van der Waals surface area contributed by atoms with E-state index in [1.54, 1.807) is 0 Å². The fraction of sp³-hybridized carbons (Fsp3) is 0. The van der Waals surface area contributed by atoms with Gasteiger partial charge in [-0.2, -0.15) is 0 Å². The summed E-state index contributed by atoms with van der Waals surface area (Å²) < 4.78 is 0. The van der Waals surface area contributed by atoms with Crippen LogP contribution in [-0.2, 0) is 0 Å². The molecule has 0 bridgehead atoms. The summed E-state index contributed by atoms with van der Waals surface area (Å²) in [7, 11) is 0. The molecule has 0 aliphatic carbocycles. The summed E-state index contributed by atoms with van der Waals surface area (Å²) in [6.07, 6.45) is 1.23. The number of aromatic carboxylic acids is 2. The molecule has 13 heavy (non-hydrogen) atoms. The number of carbonyl (C=O) groups is 2. The monoisotopic (exact) mass is 182 g/mol. The topological polar surface area (TPSA) is 103 Å². The van der Waals surface area contributed by atoms with Gasteiger partial charge in [0, 0.05) is 0 Å². The highest BCUT2D eigenvalue weighted by Gasteiger charge is 2.20. The second-order valence-electron chi connectivity index (χ2n) is 2.16. The Kier molecular flexibility index (Phi) is 2.14. The minimum Gasteiger partial charge on any atom is -0.477 e. The van der Waals surface area contributed by atoms with Crippen molar-refractivity contribution in [3.05, 3.63) is 23.8 Å². The van der Waals surface area contributed by atoms with Crippen LogP contribution in [0.3, 0.4) is 0 Å². The maximum atomic E-state index is 10.5.